The maximum atomic E-state index is 13.3. The first kappa shape index (κ1) is 11.6. The van der Waals surface area contributed by atoms with Crippen molar-refractivity contribution in [1.29, 1.82) is 0 Å². The van der Waals surface area contributed by atoms with Crippen LogP contribution in [0, 0.1) is 11.0 Å². The second-order valence-electron chi connectivity index (χ2n) is 3.43. The summed E-state index contributed by atoms with van der Waals surface area (Å²) in [6.07, 6.45) is 1.25. The molecule has 0 heterocycles. The summed E-state index contributed by atoms with van der Waals surface area (Å²) < 4.78 is 13.8. The van der Waals surface area contributed by atoms with E-state index in [2.05, 4.69) is 0 Å². The summed E-state index contributed by atoms with van der Waals surface area (Å²) in [5.74, 6) is -0.564. The Morgan fingerprint density at radius 3 is 2.41 bits per heavy atom. The van der Waals surface area contributed by atoms with Gasteiger partial charge in [0.25, 0.3) is 5.69 Å². The molecular formula is C13H9ClFNO. The minimum atomic E-state index is -0.564. The van der Waals surface area contributed by atoms with E-state index in [9.17, 15) is 9.60 Å². The molecule has 2 aromatic carbocycles. The van der Waals surface area contributed by atoms with E-state index in [0.717, 1.165) is 0 Å². The maximum Gasteiger partial charge on any atom is 0.252 e. The lowest BCUT2D eigenvalue weighted by atomic mass is 10.2. The second-order valence-corrected chi connectivity index (χ2v) is 3.84. The van der Waals surface area contributed by atoms with E-state index in [0.29, 0.717) is 15.3 Å². The highest BCUT2D eigenvalue weighted by Crippen LogP contribution is 2.17. The first-order valence-corrected chi connectivity index (χ1v) is 5.36. The van der Waals surface area contributed by atoms with Crippen LogP contribution in [0.25, 0.3) is 0 Å². The minimum absolute atomic E-state index is 0.0348. The topological polar surface area (TPSA) is 26.1 Å². The van der Waals surface area contributed by atoms with Crippen molar-refractivity contribution < 1.29 is 9.13 Å². The molecule has 2 aromatic rings. The number of nitrogens with zero attached hydrogens (tertiary/aromatic N) is 1. The Morgan fingerprint density at radius 1 is 1.06 bits per heavy atom. The minimum Gasteiger partial charge on any atom is -0.618 e. The van der Waals surface area contributed by atoms with E-state index in [-0.39, 0.29) is 5.69 Å². The van der Waals surface area contributed by atoms with Gasteiger partial charge in [-0.15, -0.1) is 0 Å². The van der Waals surface area contributed by atoms with Crippen LogP contribution in [-0.4, -0.2) is 11.0 Å². The normalized spacial score (nSPS) is 11.5. The molecule has 0 aliphatic rings. The van der Waals surface area contributed by atoms with Gasteiger partial charge in [-0.25, -0.2) is 0 Å². The summed E-state index contributed by atoms with van der Waals surface area (Å²) in [6, 6.07) is 12.7. The van der Waals surface area contributed by atoms with Gasteiger partial charge in [0.05, 0.1) is 10.6 Å². The van der Waals surface area contributed by atoms with Gasteiger partial charge in [-0.2, -0.15) is 9.13 Å². The van der Waals surface area contributed by atoms with Crippen molar-refractivity contribution in [2.75, 3.05) is 0 Å². The van der Waals surface area contributed by atoms with Crippen molar-refractivity contribution >= 4 is 23.5 Å². The standard InChI is InChI=1S/C13H9ClFNO/c14-11-6-2-1-5-10(11)9-16(17)13-8-4-3-7-12(13)15/h1-9H. The first-order chi connectivity index (χ1) is 8.18. The van der Waals surface area contributed by atoms with Gasteiger partial charge in [-0.05, 0) is 18.2 Å². The van der Waals surface area contributed by atoms with Gasteiger partial charge >= 0.3 is 0 Å². The van der Waals surface area contributed by atoms with E-state index < -0.39 is 5.82 Å². The van der Waals surface area contributed by atoms with Crippen molar-refractivity contribution in [2.45, 2.75) is 0 Å². The van der Waals surface area contributed by atoms with Crippen LogP contribution in [-0.2, 0) is 0 Å². The highest BCUT2D eigenvalue weighted by molar-refractivity contribution is 6.32. The third-order valence-corrected chi connectivity index (χ3v) is 2.60. The molecule has 0 aliphatic heterocycles. The summed E-state index contributed by atoms with van der Waals surface area (Å²) in [6.45, 7) is 0. The Labute approximate surface area is 103 Å². The molecule has 0 radical (unpaired) electrons. The van der Waals surface area contributed by atoms with Crippen molar-refractivity contribution in [3.63, 3.8) is 0 Å². The zero-order chi connectivity index (χ0) is 12.3. The molecule has 0 unspecified atom stereocenters. The van der Waals surface area contributed by atoms with Crippen LogP contribution < -0.4 is 0 Å². The summed E-state index contributed by atoms with van der Waals surface area (Å²) >= 11 is 5.91. The van der Waals surface area contributed by atoms with Gasteiger partial charge in [0.2, 0.25) is 0 Å². The summed E-state index contributed by atoms with van der Waals surface area (Å²) in [4.78, 5) is 0. The van der Waals surface area contributed by atoms with Crippen LogP contribution in [0.15, 0.2) is 48.5 Å². The lowest BCUT2D eigenvalue weighted by molar-refractivity contribution is -0.357. The molecule has 2 rings (SSSR count). The molecule has 0 fully saturated rings. The molecule has 2 nitrogen and oxygen atoms in total. The SMILES string of the molecule is [O-][N+](=Cc1ccccc1Cl)c1ccccc1F. The van der Waals surface area contributed by atoms with Crippen molar-refractivity contribution in [3.05, 3.63) is 70.1 Å². The molecule has 0 bridgehead atoms. The Balaban J connectivity index is 2.42. The number of rotatable bonds is 2. The van der Waals surface area contributed by atoms with Gasteiger partial charge in [-0.3, -0.25) is 0 Å². The molecule has 0 aliphatic carbocycles. The summed E-state index contributed by atoms with van der Waals surface area (Å²) in [5, 5.41) is 12.2. The van der Waals surface area contributed by atoms with Crippen LogP contribution in [0.1, 0.15) is 5.56 Å². The fraction of sp³-hybridized carbons (Fsp3) is 0. The Bertz CT molecular complexity index is 569. The van der Waals surface area contributed by atoms with E-state index in [1.54, 1.807) is 30.3 Å². The molecule has 4 heteroatoms. The first-order valence-electron chi connectivity index (χ1n) is 4.99. The summed E-state index contributed by atoms with van der Waals surface area (Å²) in [5.41, 5.74) is 0.514. The lowest BCUT2D eigenvalue weighted by Gasteiger charge is -2.04. The highest BCUT2D eigenvalue weighted by Gasteiger charge is 2.09. The third-order valence-electron chi connectivity index (χ3n) is 2.25. The molecule has 0 N–H and O–H groups in total. The van der Waals surface area contributed by atoms with Gasteiger partial charge in [0.15, 0.2) is 12.0 Å². The van der Waals surface area contributed by atoms with Crippen LogP contribution in [0.5, 0.6) is 0 Å². The van der Waals surface area contributed by atoms with Crippen molar-refractivity contribution in [2.24, 2.45) is 0 Å². The van der Waals surface area contributed by atoms with Crippen LogP contribution in [0.2, 0.25) is 5.02 Å². The Hall–Kier alpha value is -1.87. The number of hydrogen-bond donors (Lipinski definition) is 0. The van der Waals surface area contributed by atoms with Crippen molar-refractivity contribution in [3.8, 4) is 0 Å². The van der Waals surface area contributed by atoms with E-state index in [1.807, 2.05) is 0 Å². The van der Waals surface area contributed by atoms with E-state index in [1.165, 1.54) is 24.4 Å². The molecule has 0 atom stereocenters. The Kier molecular flexibility index (Phi) is 3.40. The van der Waals surface area contributed by atoms with Gasteiger partial charge in [-0.1, -0.05) is 35.9 Å². The molecule has 0 amide bonds. The molecular weight excluding hydrogens is 241 g/mol. The van der Waals surface area contributed by atoms with E-state index in [4.69, 9.17) is 11.6 Å². The van der Waals surface area contributed by atoms with Crippen LogP contribution in [0.3, 0.4) is 0 Å². The van der Waals surface area contributed by atoms with Gasteiger partial charge in [0, 0.05) is 6.07 Å². The molecule has 17 heavy (non-hydrogen) atoms. The number of halogens is 2. The predicted octanol–water partition coefficient (Wildman–Crippen LogP) is 3.74. The molecule has 0 saturated heterocycles. The number of para-hydroxylation sites is 1. The van der Waals surface area contributed by atoms with Crippen LogP contribution in [0.4, 0.5) is 10.1 Å². The zero-order valence-corrected chi connectivity index (χ0v) is 9.56. The lowest BCUT2D eigenvalue weighted by Crippen LogP contribution is -2.01. The summed E-state index contributed by atoms with van der Waals surface area (Å²) in [7, 11) is 0. The van der Waals surface area contributed by atoms with E-state index >= 15 is 0 Å². The highest BCUT2D eigenvalue weighted by atomic mass is 35.5. The average molecular weight is 250 g/mol. The van der Waals surface area contributed by atoms with Gasteiger partial charge in [0.1, 0.15) is 0 Å². The largest absolute Gasteiger partial charge is 0.618 e. The van der Waals surface area contributed by atoms with Crippen LogP contribution >= 0.6 is 11.6 Å². The fourth-order valence-corrected chi connectivity index (χ4v) is 1.59. The quantitative estimate of drug-likeness (QED) is 0.345. The Morgan fingerprint density at radius 2 is 1.71 bits per heavy atom. The molecule has 0 spiro atoms. The predicted molar refractivity (Wildman–Crippen MR) is 66.3 cm³/mol. The third kappa shape index (κ3) is 2.63. The molecule has 86 valence electrons. The molecule has 0 saturated carbocycles. The fourth-order valence-electron chi connectivity index (χ4n) is 1.41. The second kappa shape index (κ2) is 4.97. The number of benzene rings is 2. The average Bonchev–Trinajstić information content (AvgIpc) is 2.32. The smallest absolute Gasteiger partial charge is 0.252 e. The van der Waals surface area contributed by atoms with Crippen molar-refractivity contribution in [1.82, 2.24) is 0 Å². The number of hydrogen-bond acceptors (Lipinski definition) is 1. The molecule has 0 aromatic heterocycles. The maximum absolute atomic E-state index is 13.3. The zero-order valence-electron chi connectivity index (χ0n) is 8.81. The van der Waals surface area contributed by atoms with Gasteiger partial charge < -0.3 is 5.21 Å². The monoisotopic (exact) mass is 249 g/mol.